The van der Waals surface area contributed by atoms with Gasteiger partial charge in [0.25, 0.3) is 0 Å². The van der Waals surface area contributed by atoms with E-state index in [1.54, 1.807) is 0 Å². The minimum Gasteiger partial charge on any atom is -0.310 e. The lowest BCUT2D eigenvalue weighted by atomic mass is 9.70. The van der Waals surface area contributed by atoms with E-state index in [0.29, 0.717) is 0 Å². The van der Waals surface area contributed by atoms with Crippen LogP contribution >= 0.6 is 0 Å². The summed E-state index contributed by atoms with van der Waals surface area (Å²) in [5.41, 5.74) is 22.2. The van der Waals surface area contributed by atoms with E-state index in [1.165, 1.54) is 88.6 Å². The molecule has 2 nitrogen and oxygen atoms in total. The normalized spacial score (nSPS) is 15.4. The van der Waals surface area contributed by atoms with Gasteiger partial charge in [0.1, 0.15) is 0 Å². The molecule has 1 atom stereocenters. The van der Waals surface area contributed by atoms with E-state index >= 15 is 0 Å². The van der Waals surface area contributed by atoms with Crippen LogP contribution in [0, 0.1) is 0 Å². The number of benzene rings is 9. The molecule has 1 unspecified atom stereocenters. The zero-order valence-corrected chi connectivity index (χ0v) is 31.0. The molecule has 10 aromatic rings. The Hall–Kier alpha value is -7.42. The summed E-state index contributed by atoms with van der Waals surface area (Å²) < 4.78 is 2.41. The second kappa shape index (κ2) is 11.3. The lowest BCUT2D eigenvalue weighted by Crippen LogP contribution is -2.26. The van der Waals surface area contributed by atoms with E-state index in [9.17, 15) is 0 Å². The van der Waals surface area contributed by atoms with Crippen LogP contribution in [0.15, 0.2) is 206 Å². The molecule has 0 saturated carbocycles. The number of fused-ring (bicyclic) bond motifs is 11. The summed E-state index contributed by atoms with van der Waals surface area (Å²) in [6, 6.07) is 77.1. The van der Waals surface area contributed by atoms with Gasteiger partial charge in [-0.1, -0.05) is 140 Å². The van der Waals surface area contributed by atoms with Crippen molar-refractivity contribution < 1.29 is 0 Å². The summed E-state index contributed by atoms with van der Waals surface area (Å²) in [7, 11) is 0. The summed E-state index contributed by atoms with van der Waals surface area (Å²) in [5.74, 6) is 0. The number of hydrogen-bond donors (Lipinski definition) is 0. The van der Waals surface area contributed by atoms with Gasteiger partial charge < -0.3 is 9.47 Å². The zero-order valence-electron chi connectivity index (χ0n) is 31.0. The van der Waals surface area contributed by atoms with Crippen molar-refractivity contribution in [3.8, 4) is 50.2 Å². The molecule has 1 aromatic heterocycles. The van der Waals surface area contributed by atoms with Gasteiger partial charge in [0.2, 0.25) is 0 Å². The van der Waals surface area contributed by atoms with Crippen LogP contribution in [0.3, 0.4) is 0 Å². The average molecular weight is 723 g/mol. The van der Waals surface area contributed by atoms with Crippen molar-refractivity contribution in [1.82, 2.24) is 4.57 Å². The Labute approximate surface area is 331 Å². The maximum atomic E-state index is 2.50. The Bertz CT molecular complexity index is 3290. The lowest BCUT2D eigenvalue weighted by Gasteiger charge is -2.34. The highest BCUT2D eigenvalue weighted by molar-refractivity contribution is 6.12. The summed E-state index contributed by atoms with van der Waals surface area (Å²) in [4.78, 5) is 2.50. The maximum absolute atomic E-state index is 2.50. The van der Waals surface area contributed by atoms with E-state index in [4.69, 9.17) is 0 Å². The van der Waals surface area contributed by atoms with Crippen molar-refractivity contribution in [3.63, 3.8) is 0 Å². The van der Waals surface area contributed by atoms with Crippen LogP contribution < -0.4 is 4.90 Å². The van der Waals surface area contributed by atoms with Crippen molar-refractivity contribution in [1.29, 1.82) is 0 Å². The second-order valence-corrected chi connectivity index (χ2v) is 15.7. The highest BCUT2D eigenvalue weighted by atomic mass is 15.1. The van der Waals surface area contributed by atoms with E-state index in [1.807, 2.05) is 0 Å². The number of nitrogens with zero attached hydrogens (tertiary/aromatic N) is 2. The van der Waals surface area contributed by atoms with Gasteiger partial charge in [-0.2, -0.15) is 0 Å². The molecule has 2 heteroatoms. The molecule has 0 amide bonds. The zero-order chi connectivity index (χ0) is 37.2. The molecule has 4 bridgehead atoms. The van der Waals surface area contributed by atoms with Crippen LogP contribution in [-0.2, 0) is 5.41 Å². The van der Waals surface area contributed by atoms with Crippen LogP contribution in [0.4, 0.5) is 17.1 Å². The minimum atomic E-state index is -0.414. The number of rotatable bonds is 3. The van der Waals surface area contributed by atoms with Crippen molar-refractivity contribution in [3.05, 3.63) is 229 Å². The Morgan fingerprint density at radius 2 is 0.825 bits per heavy atom. The number of hydrogen-bond acceptors (Lipinski definition) is 1. The molecule has 3 aliphatic rings. The molecular formula is C55H34N2. The van der Waals surface area contributed by atoms with Crippen molar-refractivity contribution >= 4 is 38.9 Å². The first kappa shape index (κ1) is 30.9. The smallest absolute Gasteiger partial charge is 0.0726 e. The quantitative estimate of drug-likeness (QED) is 0.176. The predicted octanol–water partition coefficient (Wildman–Crippen LogP) is 14.2. The first-order valence-electron chi connectivity index (χ1n) is 19.8. The lowest BCUT2D eigenvalue weighted by molar-refractivity contribution is 0.793. The highest BCUT2D eigenvalue weighted by Crippen LogP contribution is 2.64. The van der Waals surface area contributed by atoms with Gasteiger partial charge >= 0.3 is 0 Å². The van der Waals surface area contributed by atoms with Crippen molar-refractivity contribution in [2.45, 2.75) is 5.41 Å². The molecule has 264 valence electrons. The third-order valence-electron chi connectivity index (χ3n) is 12.9. The van der Waals surface area contributed by atoms with Crippen LogP contribution in [0.1, 0.15) is 22.3 Å². The fourth-order valence-corrected chi connectivity index (χ4v) is 10.6. The number of anilines is 3. The topological polar surface area (TPSA) is 8.17 Å². The first-order chi connectivity index (χ1) is 28.3. The van der Waals surface area contributed by atoms with Crippen LogP contribution in [0.25, 0.3) is 72.0 Å². The van der Waals surface area contributed by atoms with Gasteiger partial charge in [-0.25, -0.2) is 0 Å². The van der Waals surface area contributed by atoms with Crippen molar-refractivity contribution in [2.24, 2.45) is 0 Å². The Balaban J connectivity index is 1.12. The Kier molecular flexibility index (Phi) is 6.13. The molecule has 0 radical (unpaired) electrons. The van der Waals surface area contributed by atoms with Crippen LogP contribution in [0.5, 0.6) is 0 Å². The summed E-state index contributed by atoms with van der Waals surface area (Å²) in [5, 5.41) is 2.46. The summed E-state index contributed by atoms with van der Waals surface area (Å²) in [6.45, 7) is 0. The summed E-state index contributed by atoms with van der Waals surface area (Å²) >= 11 is 0. The number of para-hydroxylation sites is 2. The molecule has 57 heavy (non-hydrogen) atoms. The molecule has 1 aliphatic heterocycles. The Morgan fingerprint density at radius 1 is 0.298 bits per heavy atom. The second-order valence-electron chi connectivity index (χ2n) is 15.7. The van der Waals surface area contributed by atoms with Gasteiger partial charge in [0.15, 0.2) is 0 Å². The standard InChI is InChI=1S/C55H34N2/c1-3-13-35(14-4-1)36-24-29-53-46(31-36)47-33-39(26-30-54(47)57(53)38-15-5-2-6-16-38)56-40-25-28-45-43-19-8-11-21-49(43)55(51(45)34-40)48-20-10-7-18-42(48)44-27-23-37(32-50(44)55)41-17-9-12-22-52(41)56/h1-34H. The summed E-state index contributed by atoms with van der Waals surface area (Å²) in [6.07, 6.45) is 0. The van der Waals surface area contributed by atoms with Gasteiger partial charge in [-0.15, -0.1) is 0 Å². The first-order valence-corrected chi connectivity index (χ1v) is 19.8. The molecule has 9 aromatic carbocycles. The molecule has 2 heterocycles. The molecule has 0 fully saturated rings. The molecule has 1 spiro atoms. The Morgan fingerprint density at radius 3 is 1.58 bits per heavy atom. The predicted molar refractivity (Wildman–Crippen MR) is 236 cm³/mol. The molecule has 2 aliphatic carbocycles. The highest BCUT2D eigenvalue weighted by Gasteiger charge is 2.52. The largest absolute Gasteiger partial charge is 0.310 e. The molecule has 13 rings (SSSR count). The van der Waals surface area contributed by atoms with E-state index < -0.39 is 5.41 Å². The minimum absolute atomic E-state index is 0.414. The van der Waals surface area contributed by atoms with Gasteiger partial charge in [-0.05, 0) is 128 Å². The van der Waals surface area contributed by atoms with Gasteiger partial charge in [0.05, 0.1) is 22.1 Å². The molecule has 0 saturated heterocycles. The molecule has 0 N–H and O–H groups in total. The van der Waals surface area contributed by atoms with Gasteiger partial charge in [-0.3, -0.25) is 0 Å². The monoisotopic (exact) mass is 722 g/mol. The van der Waals surface area contributed by atoms with E-state index in [2.05, 4.69) is 216 Å². The third kappa shape index (κ3) is 4.04. The van der Waals surface area contributed by atoms with Gasteiger partial charge in [0, 0.05) is 33.4 Å². The van der Waals surface area contributed by atoms with Crippen LogP contribution in [0.2, 0.25) is 0 Å². The fourth-order valence-electron chi connectivity index (χ4n) is 10.6. The number of aromatic nitrogens is 1. The average Bonchev–Trinajstić information content (AvgIpc) is 3.88. The van der Waals surface area contributed by atoms with E-state index in [0.717, 1.165) is 22.7 Å². The van der Waals surface area contributed by atoms with Crippen LogP contribution in [-0.4, -0.2) is 4.57 Å². The maximum Gasteiger partial charge on any atom is 0.0726 e. The third-order valence-corrected chi connectivity index (χ3v) is 12.9. The van der Waals surface area contributed by atoms with E-state index in [-0.39, 0.29) is 0 Å². The fraction of sp³-hybridized carbons (Fsp3) is 0.0182. The molecular weight excluding hydrogens is 689 g/mol. The SMILES string of the molecule is c1ccc(-c2ccc3c(c2)c2cc(N4c5ccc6c(c5)C5(c7ccccc7-c7ccc(cc75)-c5ccccc54)c4ccccc4-6)ccc2n3-c2ccccc2)cc1. The van der Waals surface area contributed by atoms with Crippen molar-refractivity contribution in [2.75, 3.05) is 4.90 Å².